The van der Waals surface area contributed by atoms with Crippen molar-refractivity contribution in [1.82, 2.24) is 5.32 Å². The number of aliphatic hydroxyl groups excluding tert-OH is 1. The lowest BCUT2D eigenvalue weighted by molar-refractivity contribution is -0.127. The van der Waals surface area contributed by atoms with Gasteiger partial charge in [-0.15, -0.1) is 0 Å². The Kier molecular flexibility index (Phi) is 4.81. The lowest BCUT2D eigenvalue weighted by atomic mass is 9.83. The van der Waals surface area contributed by atoms with Gasteiger partial charge in [0.2, 0.25) is 5.91 Å². The molecule has 1 aromatic carbocycles. The number of aliphatic hydroxyl groups is 1. The van der Waals surface area contributed by atoms with Crippen LogP contribution >= 0.6 is 0 Å². The second kappa shape index (κ2) is 6.40. The number of nitrogens with one attached hydrogen (secondary N) is 1. The molecule has 2 unspecified atom stereocenters. The summed E-state index contributed by atoms with van der Waals surface area (Å²) in [6.45, 7) is 3.86. The van der Waals surface area contributed by atoms with Crippen molar-refractivity contribution in [3.8, 4) is 0 Å². The van der Waals surface area contributed by atoms with Crippen LogP contribution in [-0.2, 0) is 10.2 Å². The second-order valence-corrected chi connectivity index (χ2v) is 6.28. The molecule has 1 fully saturated rings. The molecule has 1 amide bonds. The first-order chi connectivity index (χ1) is 9.51. The number of hydrogen-bond donors (Lipinski definition) is 2. The fraction of sp³-hybridized carbons (Fsp3) is 0.588. The van der Waals surface area contributed by atoms with Crippen LogP contribution in [-0.4, -0.2) is 23.2 Å². The molecule has 3 nitrogen and oxygen atoms in total. The molecule has 20 heavy (non-hydrogen) atoms. The van der Waals surface area contributed by atoms with E-state index in [0.29, 0.717) is 0 Å². The minimum Gasteiger partial charge on any atom is -0.391 e. The average Bonchev–Trinajstić information content (AvgIpc) is 2.65. The van der Waals surface area contributed by atoms with Gasteiger partial charge in [0, 0.05) is 0 Å². The largest absolute Gasteiger partial charge is 0.391 e. The van der Waals surface area contributed by atoms with Gasteiger partial charge in [-0.2, -0.15) is 0 Å². The Labute approximate surface area is 121 Å². The van der Waals surface area contributed by atoms with Crippen LogP contribution in [0.4, 0.5) is 0 Å². The van der Waals surface area contributed by atoms with Crippen LogP contribution in [0.3, 0.4) is 0 Å². The van der Waals surface area contributed by atoms with Gasteiger partial charge in [0.1, 0.15) is 0 Å². The third-order valence-corrected chi connectivity index (χ3v) is 4.36. The Hall–Kier alpha value is -1.35. The van der Waals surface area contributed by atoms with Crippen LogP contribution in [0.2, 0.25) is 0 Å². The standard InChI is InChI=1S/C17H25NO2/c1-17(2,13-9-5-3-6-10-13)16(20)18-14-11-7-4-8-12-15(14)19/h3,5-6,9-10,14-15,19H,4,7-8,11-12H2,1-2H3,(H,18,20). The number of benzene rings is 1. The quantitative estimate of drug-likeness (QED) is 0.833. The zero-order chi connectivity index (χ0) is 14.6. The first-order valence-corrected chi connectivity index (χ1v) is 7.56. The average molecular weight is 275 g/mol. The molecule has 2 rings (SSSR count). The van der Waals surface area contributed by atoms with E-state index in [1.807, 2.05) is 44.2 Å². The maximum Gasteiger partial charge on any atom is 0.230 e. The molecule has 3 heteroatoms. The topological polar surface area (TPSA) is 49.3 Å². The van der Waals surface area contributed by atoms with Crippen molar-refractivity contribution in [3.05, 3.63) is 35.9 Å². The third kappa shape index (κ3) is 3.40. The smallest absolute Gasteiger partial charge is 0.230 e. The summed E-state index contributed by atoms with van der Waals surface area (Å²) in [7, 11) is 0. The summed E-state index contributed by atoms with van der Waals surface area (Å²) in [4.78, 5) is 12.6. The lowest BCUT2D eigenvalue weighted by Crippen LogP contribution is -2.49. The summed E-state index contributed by atoms with van der Waals surface area (Å²) in [6.07, 6.45) is 4.52. The summed E-state index contributed by atoms with van der Waals surface area (Å²) >= 11 is 0. The van der Waals surface area contributed by atoms with E-state index in [4.69, 9.17) is 0 Å². The van der Waals surface area contributed by atoms with Crippen LogP contribution in [0.1, 0.15) is 51.5 Å². The highest BCUT2D eigenvalue weighted by Crippen LogP contribution is 2.25. The van der Waals surface area contributed by atoms with Gasteiger partial charge in [-0.3, -0.25) is 4.79 Å². The van der Waals surface area contributed by atoms with Crippen LogP contribution in [0.15, 0.2) is 30.3 Å². The Morgan fingerprint density at radius 3 is 2.50 bits per heavy atom. The number of carbonyl (C=O) groups excluding carboxylic acids is 1. The molecule has 2 atom stereocenters. The van der Waals surface area contributed by atoms with Crippen molar-refractivity contribution >= 4 is 5.91 Å². The van der Waals surface area contributed by atoms with Gasteiger partial charge in [0.15, 0.2) is 0 Å². The van der Waals surface area contributed by atoms with Crippen molar-refractivity contribution in [2.45, 2.75) is 63.5 Å². The monoisotopic (exact) mass is 275 g/mol. The molecule has 0 aromatic heterocycles. The predicted molar refractivity (Wildman–Crippen MR) is 80.5 cm³/mol. The minimum atomic E-state index is -0.576. The van der Waals surface area contributed by atoms with E-state index >= 15 is 0 Å². The number of carbonyl (C=O) groups is 1. The van der Waals surface area contributed by atoms with Gasteiger partial charge < -0.3 is 10.4 Å². The Balaban J connectivity index is 2.07. The molecule has 1 aliphatic carbocycles. The van der Waals surface area contributed by atoms with E-state index in [9.17, 15) is 9.90 Å². The highest BCUT2D eigenvalue weighted by atomic mass is 16.3. The fourth-order valence-electron chi connectivity index (χ4n) is 2.79. The second-order valence-electron chi connectivity index (χ2n) is 6.28. The third-order valence-electron chi connectivity index (χ3n) is 4.36. The van der Waals surface area contributed by atoms with Crippen molar-refractivity contribution < 1.29 is 9.90 Å². The van der Waals surface area contributed by atoms with Crippen molar-refractivity contribution in [1.29, 1.82) is 0 Å². The van der Waals surface area contributed by atoms with Crippen LogP contribution in [0.5, 0.6) is 0 Å². The van der Waals surface area contributed by atoms with Gasteiger partial charge in [0.05, 0.1) is 17.6 Å². The first-order valence-electron chi connectivity index (χ1n) is 7.56. The maximum absolute atomic E-state index is 12.6. The van der Waals surface area contributed by atoms with Crippen molar-refractivity contribution in [2.24, 2.45) is 0 Å². The summed E-state index contributed by atoms with van der Waals surface area (Å²) in [5, 5.41) is 13.2. The fourth-order valence-corrected chi connectivity index (χ4v) is 2.79. The first kappa shape index (κ1) is 15.0. The van der Waals surface area contributed by atoms with Gasteiger partial charge in [-0.25, -0.2) is 0 Å². The van der Waals surface area contributed by atoms with Gasteiger partial charge in [-0.1, -0.05) is 49.6 Å². The molecule has 1 aromatic rings. The molecule has 0 saturated heterocycles. The maximum atomic E-state index is 12.6. The summed E-state index contributed by atoms with van der Waals surface area (Å²) < 4.78 is 0. The van der Waals surface area contributed by atoms with Crippen LogP contribution in [0, 0.1) is 0 Å². The normalized spacial score (nSPS) is 23.9. The van der Waals surface area contributed by atoms with Gasteiger partial charge in [-0.05, 0) is 32.3 Å². The number of amides is 1. The zero-order valence-electron chi connectivity index (χ0n) is 12.4. The highest BCUT2D eigenvalue weighted by molar-refractivity contribution is 5.87. The van der Waals surface area contributed by atoms with Gasteiger partial charge in [0.25, 0.3) is 0 Å². The van der Waals surface area contributed by atoms with Crippen LogP contribution < -0.4 is 5.32 Å². The van der Waals surface area contributed by atoms with E-state index in [-0.39, 0.29) is 11.9 Å². The zero-order valence-corrected chi connectivity index (χ0v) is 12.4. The van der Waals surface area contributed by atoms with Gasteiger partial charge >= 0.3 is 0 Å². The van der Waals surface area contributed by atoms with Crippen molar-refractivity contribution in [3.63, 3.8) is 0 Å². The lowest BCUT2D eigenvalue weighted by Gasteiger charge is -2.29. The van der Waals surface area contributed by atoms with E-state index in [0.717, 1.165) is 37.7 Å². The minimum absolute atomic E-state index is 0.00495. The molecule has 0 bridgehead atoms. The molecule has 110 valence electrons. The van der Waals surface area contributed by atoms with E-state index in [1.54, 1.807) is 0 Å². The highest BCUT2D eigenvalue weighted by Gasteiger charge is 2.33. The summed E-state index contributed by atoms with van der Waals surface area (Å²) in [5.74, 6) is -0.00495. The molecule has 0 aliphatic heterocycles. The number of hydrogen-bond acceptors (Lipinski definition) is 2. The molecular weight excluding hydrogens is 250 g/mol. The Morgan fingerprint density at radius 2 is 1.80 bits per heavy atom. The molecule has 2 N–H and O–H groups in total. The van der Waals surface area contributed by atoms with E-state index in [2.05, 4.69) is 5.32 Å². The van der Waals surface area contributed by atoms with Crippen LogP contribution in [0.25, 0.3) is 0 Å². The van der Waals surface area contributed by atoms with E-state index < -0.39 is 11.5 Å². The molecule has 1 saturated carbocycles. The molecule has 1 aliphatic rings. The van der Waals surface area contributed by atoms with E-state index in [1.165, 1.54) is 0 Å². The number of rotatable bonds is 3. The van der Waals surface area contributed by atoms with Crippen molar-refractivity contribution in [2.75, 3.05) is 0 Å². The molecule has 0 spiro atoms. The SMILES string of the molecule is CC(C)(C(=O)NC1CCCCCC1O)c1ccccc1. The molecule has 0 radical (unpaired) electrons. The molecular formula is C17H25NO2. The Bertz CT molecular complexity index is 442. The summed E-state index contributed by atoms with van der Waals surface area (Å²) in [6, 6.07) is 9.70. The summed E-state index contributed by atoms with van der Waals surface area (Å²) in [5.41, 5.74) is 0.424. The molecule has 0 heterocycles. The Morgan fingerprint density at radius 1 is 1.15 bits per heavy atom. The predicted octanol–water partition coefficient (Wildman–Crippen LogP) is 2.77.